The van der Waals surface area contributed by atoms with Crippen molar-refractivity contribution in [3.05, 3.63) is 48.0 Å². The molecule has 1 aliphatic rings. The maximum Gasteiger partial charge on any atom is 0.573 e. The summed E-state index contributed by atoms with van der Waals surface area (Å²) in [6.45, 7) is 0.381. The molecule has 0 radical (unpaired) electrons. The predicted octanol–water partition coefficient (Wildman–Crippen LogP) is 4.34. The first-order valence-electron chi connectivity index (χ1n) is 7.44. The normalized spacial score (nSPS) is 16.5. The molecule has 5 nitrogen and oxygen atoms in total. The van der Waals surface area contributed by atoms with E-state index in [4.69, 9.17) is 9.84 Å². The van der Waals surface area contributed by atoms with Gasteiger partial charge in [-0.3, -0.25) is 0 Å². The van der Waals surface area contributed by atoms with Crippen LogP contribution in [-0.4, -0.2) is 24.2 Å². The Balaban J connectivity index is 1.94. The van der Waals surface area contributed by atoms with Gasteiger partial charge in [0, 0.05) is 12.0 Å². The third kappa shape index (κ3) is 4.14. The highest BCUT2D eigenvalue weighted by atomic mass is 19.4. The molecule has 0 saturated carbocycles. The highest BCUT2D eigenvalue weighted by Crippen LogP contribution is 2.36. The molecule has 0 aliphatic carbocycles. The van der Waals surface area contributed by atoms with Crippen molar-refractivity contribution in [2.75, 3.05) is 6.61 Å². The van der Waals surface area contributed by atoms with E-state index in [0.29, 0.717) is 35.5 Å². The lowest BCUT2D eigenvalue weighted by atomic mass is 9.95. The fourth-order valence-electron chi connectivity index (χ4n) is 2.75. The van der Waals surface area contributed by atoms with Crippen LogP contribution in [0.2, 0.25) is 0 Å². The molecule has 3 rings (SSSR count). The molecule has 2 aromatic carbocycles. The number of amides is 1. The molecule has 0 aromatic heterocycles. The fourth-order valence-corrected chi connectivity index (χ4v) is 2.75. The molecule has 0 fully saturated rings. The van der Waals surface area contributed by atoms with E-state index in [-0.39, 0.29) is 5.75 Å². The van der Waals surface area contributed by atoms with Crippen LogP contribution in [-0.2, 0) is 0 Å². The lowest BCUT2D eigenvalue weighted by Gasteiger charge is -2.26. The number of rotatable bonds is 3. The summed E-state index contributed by atoms with van der Waals surface area (Å²) in [4.78, 5) is 10.9. The Kier molecular flexibility index (Phi) is 4.43. The van der Waals surface area contributed by atoms with Crippen molar-refractivity contribution >= 4 is 6.09 Å². The summed E-state index contributed by atoms with van der Waals surface area (Å²) >= 11 is 0. The zero-order valence-corrected chi connectivity index (χ0v) is 12.8. The topological polar surface area (TPSA) is 67.8 Å². The van der Waals surface area contributed by atoms with E-state index < -0.39 is 18.5 Å². The molecule has 25 heavy (non-hydrogen) atoms. The minimum absolute atomic E-state index is 0.320. The smallest absolute Gasteiger partial charge is 0.493 e. The third-order valence-electron chi connectivity index (χ3n) is 3.75. The Labute approximate surface area is 141 Å². The Morgan fingerprint density at radius 2 is 1.96 bits per heavy atom. The largest absolute Gasteiger partial charge is 0.573 e. The standard InChI is InChI=1S/C17H14F3NO4/c18-17(19,20)25-12-3-1-2-10(8-12)11-4-5-15-13(9-11)14(6-7-24-15)21-16(22)23/h1-5,8-9,14,21H,6-7H2,(H,22,23). The Morgan fingerprint density at radius 3 is 2.68 bits per heavy atom. The second-order valence-corrected chi connectivity index (χ2v) is 5.47. The monoisotopic (exact) mass is 353 g/mol. The van der Waals surface area contributed by atoms with E-state index in [0.717, 1.165) is 0 Å². The van der Waals surface area contributed by atoms with Crippen LogP contribution in [0.4, 0.5) is 18.0 Å². The molecule has 1 unspecified atom stereocenters. The molecule has 0 spiro atoms. The first-order chi connectivity index (χ1) is 11.8. The van der Waals surface area contributed by atoms with Gasteiger partial charge < -0.3 is 19.9 Å². The van der Waals surface area contributed by atoms with Gasteiger partial charge in [-0.15, -0.1) is 13.2 Å². The van der Waals surface area contributed by atoms with E-state index in [1.54, 1.807) is 24.3 Å². The van der Waals surface area contributed by atoms with Crippen molar-refractivity contribution in [2.24, 2.45) is 0 Å². The van der Waals surface area contributed by atoms with Gasteiger partial charge >= 0.3 is 12.5 Å². The van der Waals surface area contributed by atoms with E-state index >= 15 is 0 Å². The lowest BCUT2D eigenvalue weighted by Crippen LogP contribution is -2.30. The molecule has 132 valence electrons. The van der Waals surface area contributed by atoms with Gasteiger partial charge in [-0.25, -0.2) is 4.79 Å². The third-order valence-corrected chi connectivity index (χ3v) is 3.75. The van der Waals surface area contributed by atoms with Crippen molar-refractivity contribution in [1.29, 1.82) is 0 Å². The van der Waals surface area contributed by atoms with Crippen molar-refractivity contribution < 1.29 is 32.5 Å². The first-order valence-corrected chi connectivity index (χ1v) is 7.44. The number of hydrogen-bond acceptors (Lipinski definition) is 3. The first kappa shape index (κ1) is 16.9. The summed E-state index contributed by atoms with van der Waals surface area (Å²) in [6, 6.07) is 10.3. The molecule has 1 amide bonds. The summed E-state index contributed by atoms with van der Waals surface area (Å²) in [6.07, 6.45) is -5.44. The molecular weight excluding hydrogens is 339 g/mol. The number of alkyl halides is 3. The SMILES string of the molecule is O=C(O)NC1CCOc2ccc(-c3cccc(OC(F)(F)F)c3)cc21. The minimum atomic E-state index is -4.77. The van der Waals surface area contributed by atoms with Crippen LogP contribution in [0.25, 0.3) is 11.1 Å². The number of halogens is 3. The fraction of sp³-hybridized carbons (Fsp3) is 0.235. The second-order valence-electron chi connectivity index (χ2n) is 5.47. The van der Waals surface area contributed by atoms with Crippen LogP contribution < -0.4 is 14.8 Å². The van der Waals surface area contributed by atoms with Crippen LogP contribution in [0.5, 0.6) is 11.5 Å². The number of hydrogen-bond donors (Lipinski definition) is 2. The number of benzene rings is 2. The Bertz CT molecular complexity index is 792. The molecule has 1 atom stereocenters. The van der Waals surface area contributed by atoms with Gasteiger partial charge in [-0.1, -0.05) is 18.2 Å². The quantitative estimate of drug-likeness (QED) is 0.861. The summed E-state index contributed by atoms with van der Waals surface area (Å²) in [5.41, 5.74) is 1.80. The van der Waals surface area contributed by atoms with Crippen LogP contribution in [0.15, 0.2) is 42.5 Å². The van der Waals surface area contributed by atoms with E-state index in [1.807, 2.05) is 0 Å². The van der Waals surface area contributed by atoms with Crippen LogP contribution in [0.3, 0.4) is 0 Å². The summed E-state index contributed by atoms with van der Waals surface area (Å²) in [5.74, 6) is 0.232. The van der Waals surface area contributed by atoms with Crippen LogP contribution in [0.1, 0.15) is 18.0 Å². The number of carboxylic acid groups (broad SMARTS) is 1. The number of ether oxygens (including phenoxy) is 2. The number of nitrogens with one attached hydrogen (secondary N) is 1. The van der Waals surface area contributed by atoms with Gasteiger partial charge in [-0.2, -0.15) is 0 Å². The molecule has 2 aromatic rings. The van der Waals surface area contributed by atoms with Crippen molar-refractivity contribution in [3.63, 3.8) is 0 Å². The number of fused-ring (bicyclic) bond motifs is 1. The summed E-state index contributed by atoms with van der Waals surface area (Å²) < 4.78 is 46.6. The van der Waals surface area contributed by atoms with Gasteiger partial charge in [0.1, 0.15) is 11.5 Å². The van der Waals surface area contributed by atoms with Gasteiger partial charge in [0.25, 0.3) is 0 Å². The van der Waals surface area contributed by atoms with Crippen molar-refractivity contribution in [3.8, 4) is 22.6 Å². The maximum absolute atomic E-state index is 12.4. The van der Waals surface area contributed by atoms with Gasteiger partial charge in [0.2, 0.25) is 0 Å². The van der Waals surface area contributed by atoms with Crippen molar-refractivity contribution in [1.82, 2.24) is 5.32 Å². The van der Waals surface area contributed by atoms with Crippen LogP contribution in [0, 0.1) is 0 Å². The van der Waals surface area contributed by atoms with Crippen molar-refractivity contribution in [2.45, 2.75) is 18.8 Å². The average Bonchev–Trinajstić information content (AvgIpc) is 2.53. The highest BCUT2D eigenvalue weighted by molar-refractivity contribution is 5.69. The maximum atomic E-state index is 12.4. The van der Waals surface area contributed by atoms with E-state index in [9.17, 15) is 18.0 Å². The molecule has 1 aliphatic heterocycles. The zero-order valence-electron chi connectivity index (χ0n) is 12.8. The van der Waals surface area contributed by atoms with E-state index in [1.165, 1.54) is 18.2 Å². The van der Waals surface area contributed by atoms with Gasteiger partial charge in [0.15, 0.2) is 0 Å². The Morgan fingerprint density at radius 1 is 1.20 bits per heavy atom. The average molecular weight is 353 g/mol. The number of carbonyl (C=O) groups is 1. The highest BCUT2D eigenvalue weighted by Gasteiger charge is 2.31. The Hall–Kier alpha value is -2.90. The second kappa shape index (κ2) is 6.54. The van der Waals surface area contributed by atoms with E-state index in [2.05, 4.69) is 10.1 Å². The van der Waals surface area contributed by atoms with Gasteiger partial charge in [-0.05, 0) is 35.4 Å². The molecule has 0 bridgehead atoms. The lowest BCUT2D eigenvalue weighted by molar-refractivity contribution is -0.274. The minimum Gasteiger partial charge on any atom is -0.493 e. The molecule has 2 N–H and O–H groups in total. The molecule has 1 heterocycles. The molecular formula is C17H14F3NO4. The molecule has 8 heteroatoms. The van der Waals surface area contributed by atoms with Crippen LogP contribution >= 0.6 is 0 Å². The van der Waals surface area contributed by atoms with Gasteiger partial charge in [0.05, 0.1) is 12.6 Å². The summed E-state index contributed by atoms with van der Waals surface area (Å²) in [5, 5.41) is 11.4. The zero-order chi connectivity index (χ0) is 18.0. The predicted molar refractivity (Wildman–Crippen MR) is 82.6 cm³/mol. The summed E-state index contributed by atoms with van der Waals surface area (Å²) in [7, 11) is 0. The molecule has 0 saturated heterocycles.